The Hall–Kier alpha value is -4.46. The van der Waals surface area contributed by atoms with Crippen LogP contribution in [0.3, 0.4) is 0 Å². The lowest BCUT2D eigenvalue weighted by Gasteiger charge is -2.24. The van der Waals surface area contributed by atoms with Gasteiger partial charge in [0.15, 0.2) is 16.3 Å². The first-order chi connectivity index (χ1) is 20.8. The SMILES string of the molecule is CCOC(=O)C1=C(C)N=c2s/c(=C\c3ccc(OCc4ccccc4C#N)c(OCC)c3)c(=O)n2[C@H]1c1ccc(Br)cc1. The Morgan fingerprint density at radius 2 is 1.84 bits per heavy atom. The molecule has 0 amide bonds. The first-order valence-corrected chi connectivity index (χ1v) is 15.3. The lowest BCUT2D eigenvalue weighted by Crippen LogP contribution is -2.39. The van der Waals surface area contributed by atoms with Gasteiger partial charge in [0.2, 0.25) is 0 Å². The standard InChI is InChI=1S/C33H28BrN3O5S/c1-4-40-27-16-21(10-15-26(27)42-19-24-9-7-6-8-23(24)18-35)17-28-31(38)37-30(22-11-13-25(34)14-12-22)29(32(39)41-5-2)20(3)36-33(37)43-28/h6-17,30H,4-5,19H2,1-3H3/b28-17-/t30-/m0/s1. The number of aromatic nitrogens is 1. The summed E-state index contributed by atoms with van der Waals surface area (Å²) in [6.07, 6.45) is 1.78. The number of carbonyl (C=O) groups is 1. The third-order valence-electron chi connectivity index (χ3n) is 6.79. The van der Waals surface area contributed by atoms with E-state index in [0.717, 1.165) is 21.2 Å². The number of hydrogen-bond acceptors (Lipinski definition) is 8. The van der Waals surface area contributed by atoms with E-state index >= 15 is 0 Å². The largest absolute Gasteiger partial charge is 0.490 e. The van der Waals surface area contributed by atoms with Crippen LogP contribution in [-0.4, -0.2) is 23.8 Å². The van der Waals surface area contributed by atoms with Gasteiger partial charge in [0.1, 0.15) is 6.61 Å². The minimum atomic E-state index is -0.684. The van der Waals surface area contributed by atoms with Crippen LogP contribution in [0.5, 0.6) is 11.5 Å². The maximum Gasteiger partial charge on any atom is 0.338 e. The molecule has 0 fully saturated rings. The van der Waals surface area contributed by atoms with Crippen molar-refractivity contribution in [3.8, 4) is 17.6 Å². The number of thiazole rings is 1. The maximum atomic E-state index is 13.9. The van der Waals surface area contributed by atoms with Gasteiger partial charge in [0.25, 0.3) is 5.56 Å². The molecule has 8 nitrogen and oxygen atoms in total. The minimum absolute atomic E-state index is 0.208. The average Bonchev–Trinajstić information content (AvgIpc) is 3.30. The van der Waals surface area contributed by atoms with Gasteiger partial charge in [-0.2, -0.15) is 5.26 Å². The summed E-state index contributed by atoms with van der Waals surface area (Å²) in [5.41, 5.74) is 3.41. The molecule has 1 aliphatic heterocycles. The quantitative estimate of drug-likeness (QED) is 0.223. The van der Waals surface area contributed by atoms with Gasteiger partial charge in [-0.25, -0.2) is 9.79 Å². The molecular formula is C33H28BrN3O5S. The van der Waals surface area contributed by atoms with Crippen molar-refractivity contribution >= 4 is 39.3 Å². The smallest absolute Gasteiger partial charge is 0.338 e. The highest BCUT2D eigenvalue weighted by molar-refractivity contribution is 9.10. The lowest BCUT2D eigenvalue weighted by molar-refractivity contribution is -0.139. The van der Waals surface area contributed by atoms with Crippen LogP contribution in [0.15, 0.2) is 92.3 Å². The number of fused-ring (bicyclic) bond motifs is 1. The molecule has 0 saturated heterocycles. The highest BCUT2D eigenvalue weighted by atomic mass is 79.9. The summed E-state index contributed by atoms with van der Waals surface area (Å²) in [7, 11) is 0. The second kappa shape index (κ2) is 13.2. The van der Waals surface area contributed by atoms with Crippen molar-refractivity contribution in [2.75, 3.05) is 13.2 Å². The summed E-state index contributed by atoms with van der Waals surface area (Å²) in [5.74, 6) is 0.546. The zero-order chi connectivity index (χ0) is 30.5. The molecule has 5 rings (SSSR count). The first kappa shape index (κ1) is 30.0. The number of ether oxygens (including phenoxy) is 3. The van der Waals surface area contributed by atoms with Gasteiger partial charge in [0, 0.05) is 10.0 Å². The summed E-state index contributed by atoms with van der Waals surface area (Å²) in [6.45, 7) is 6.22. The summed E-state index contributed by atoms with van der Waals surface area (Å²) in [5, 5.41) is 9.39. The maximum absolute atomic E-state index is 13.9. The predicted octanol–water partition coefficient (Wildman–Crippen LogP) is 5.41. The van der Waals surface area contributed by atoms with Crippen LogP contribution in [-0.2, 0) is 16.1 Å². The number of nitriles is 1. The van der Waals surface area contributed by atoms with Crippen molar-refractivity contribution < 1.29 is 19.0 Å². The molecular weight excluding hydrogens is 630 g/mol. The van der Waals surface area contributed by atoms with Crippen molar-refractivity contribution in [2.45, 2.75) is 33.4 Å². The molecule has 218 valence electrons. The zero-order valence-electron chi connectivity index (χ0n) is 23.8. The van der Waals surface area contributed by atoms with Gasteiger partial charge in [-0.1, -0.05) is 63.7 Å². The fourth-order valence-corrected chi connectivity index (χ4v) is 6.13. The first-order valence-electron chi connectivity index (χ1n) is 13.7. The highest BCUT2D eigenvalue weighted by Crippen LogP contribution is 2.32. The molecule has 0 N–H and O–H groups in total. The molecule has 1 aliphatic rings. The van der Waals surface area contributed by atoms with E-state index in [0.29, 0.717) is 44.3 Å². The Kier molecular flexibility index (Phi) is 9.24. The molecule has 10 heteroatoms. The Morgan fingerprint density at radius 1 is 1.07 bits per heavy atom. The van der Waals surface area contributed by atoms with Crippen molar-refractivity contribution in [1.82, 2.24) is 4.57 Å². The summed E-state index contributed by atoms with van der Waals surface area (Å²) in [6, 6.07) is 21.7. The fourth-order valence-electron chi connectivity index (χ4n) is 4.82. The molecule has 1 atom stereocenters. The van der Waals surface area contributed by atoms with Crippen molar-refractivity contribution in [2.24, 2.45) is 4.99 Å². The number of benzene rings is 3. The normalized spacial score (nSPS) is 14.5. The van der Waals surface area contributed by atoms with Gasteiger partial charge < -0.3 is 14.2 Å². The second-order valence-electron chi connectivity index (χ2n) is 9.55. The topological polar surface area (TPSA) is 103 Å². The molecule has 0 aliphatic carbocycles. The summed E-state index contributed by atoms with van der Waals surface area (Å²) < 4.78 is 20.2. The molecule has 0 bridgehead atoms. The van der Waals surface area contributed by atoms with Gasteiger partial charge in [0.05, 0.1) is 46.7 Å². The van der Waals surface area contributed by atoms with Gasteiger partial charge in [-0.3, -0.25) is 9.36 Å². The van der Waals surface area contributed by atoms with Gasteiger partial charge in [-0.15, -0.1) is 0 Å². The molecule has 0 radical (unpaired) electrons. The van der Waals surface area contributed by atoms with Crippen LogP contribution in [0, 0.1) is 11.3 Å². The molecule has 1 aromatic heterocycles. The lowest BCUT2D eigenvalue weighted by atomic mass is 9.96. The number of nitrogens with zero attached hydrogens (tertiary/aromatic N) is 3. The van der Waals surface area contributed by atoms with Gasteiger partial charge >= 0.3 is 5.97 Å². The van der Waals surface area contributed by atoms with E-state index < -0.39 is 12.0 Å². The van der Waals surface area contributed by atoms with Crippen molar-refractivity contribution in [3.05, 3.63) is 124 Å². The predicted molar refractivity (Wildman–Crippen MR) is 168 cm³/mol. The molecule has 43 heavy (non-hydrogen) atoms. The molecule has 0 spiro atoms. The van der Waals surface area contributed by atoms with E-state index in [1.807, 2.05) is 61.5 Å². The minimum Gasteiger partial charge on any atom is -0.490 e. The fraction of sp³-hybridized carbons (Fsp3) is 0.212. The molecule has 2 heterocycles. The Labute approximate surface area is 260 Å². The van der Waals surface area contributed by atoms with Crippen molar-refractivity contribution in [3.63, 3.8) is 0 Å². The Morgan fingerprint density at radius 3 is 2.56 bits per heavy atom. The number of hydrogen-bond donors (Lipinski definition) is 0. The molecule has 3 aromatic carbocycles. The van der Waals surface area contributed by atoms with E-state index in [4.69, 9.17) is 14.2 Å². The highest BCUT2D eigenvalue weighted by Gasteiger charge is 2.33. The van der Waals surface area contributed by atoms with Crippen LogP contribution >= 0.6 is 27.3 Å². The van der Waals surface area contributed by atoms with E-state index in [1.54, 1.807) is 36.6 Å². The van der Waals surface area contributed by atoms with Gasteiger partial charge in [-0.05, 0) is 68.3 Å². The Bertz CT molecular complexity index is 1940. The number of esters is 1. The number of rotatable bonds is 9. The van der Waals surface area contributed by atoms with Crippen molar-refractivity contribution in [1.29, 1.82) is 5.26 Å². The second-order valence-corrected chi connectivity index (χ2v) is 11.5. The van der Waals surface area contributed by atoms with E-state index in [2.05, 4.69) is 27.0 Å². The Balaban J connectivity index is 1.55. The number of allylic oxidation sites excluding steroid dienone is 1. The third-order valence-corrected chi connectivity index (χ3v) is 8.30. The summed E-state index contributed by atoms with van der Waals surface area (Å²) in [4.78, 5) is 32.1. The van der Waals surface area contributed by atoms with E-state index in [-0.39, 0.29) is 18.8 Å². The molecule has 0 saturated carbocycles. The van der Waals surface area contributed by atoms with Crippen LogP contribution in [0.4, 0.5) is 0 Å². The van der Waals surface area contributed by atoms with Crippen LogP contribution in [0.25, 0.3) is 6.08 Å². The van der Waals surface area contributed by atoms with Crippen LogP contribution in [0.1, 0.15) is 49.1 Å². The molecule has 4 aromatic rings. The van der Waals surface area contributed by atoms with E-state index in [1.165, 1.54) is 11.3 Å². The average molecular weight is 659 g/mol. The number of halogens is 1. The van der Waals surface area contributed by atoms with Crippen LogP contribution in [0.2, 0.25) is 0 Å². The monoisotopic (exact) mass is 657 g/mol. The van der Waals surface area contributed by atoms with E-state index in [9.17, 15) is 14.9 Å². The molecule has 0 unspecified atom stereocenters. The third kappa shape index (κ3) is 6.33. The zero-order valence-corrected chi connectivity index (χ0v) is 26.2. The summed E-state index contributed by atoms with van der Waals surface area (Å²) >= 11 is 4.72. The van der Waals surface area contributed by atoms with Crippen LogP contribution < -0.4 is 24.4 Å². The number of carbonyl (C=O) groups excluding carboxylic acids is 1.